The van der Waals surface area contributed by atoms with Gasteiger partial charge >= 0.3 is 0 Å². The highest BCUT2D eigenvalue weighted by Gasteiger charge is 2.51. The quantitative estimate of drug-likeness (QED) is 0.211. The highest BCUT2D eigenvalue weighted by Crippen LogP contribution is 2.36. The molecule has 2 aliphatic rings. The zero-order valence-corrected chi connectivity index (χ0v) is 18.0. The predicted molar refractivity (Wildman–Crippen MR) is 117 cm³/mol. The van der Waals surface area contributed by atoms with Gasteiger partial charge in [-0.05, 0) is 37.1 Å². The smallest absolute Gasteiger partial charge is 0.273 e. The molecule has 2 aromatic carbocycles. The number of carbonyl (C=O) groups excluding carboxylic acids is 4. The van der Waals surface area contributed by atoms with E-state index in [1.54, 1.807) is 0 Å². The van der Waals surface area contributed by atoms with E-state index < -0.39 is 46.8 Å². The van der Waals surface area contributed by atoms with Gasteiger partial charge < -0.3 is 0 Å². The molecule has 2 aromatic rings. The number of non-ortho nitro benzene ring substituents is 1. The van der Waals surface area contributed by atoms with Crippen molar-refractivity contribution in [3.8, 4) is 0 Å². The summed E-state index contributed by atoms with van der Waals surface area (Å²) >= 11 is 5.90. The van der Waals surface area contributed by atoms with Crippen molar-refractivity contribution >= 4 is 40.8 Å². The van der Waals surface area contributed by atoms with Crippen LogP contribution in [0.2, 0.25) is 5.02 Å². The number of nitrogens with zero attached hydrogens (tertiary/aromatic N) is 3. The molecule has 1 heterocycles. The fraction of sp³-hybridized carbons (Fsp3) is 0.217. The van der Waals surface area contributed by atoms with E-state index in [4.69, 9.17) is 11.6 Å². The molecule has 0 unspecified atom stereocenters. The zero-order chi connectivity index (χ0) is 23.7. The summed E-state index contributed by atoms with van der Waals surface area (Å²) in [7, 11) is 0. The SMILES string of the molecule is O=C(CN(C(=O)c1ccc(Cl)cc1)N1C(=O)[C@H]2CC=CC[C@@H]2C1=O)c1cccc([N+](=O)[O-])c1. The Balaban J connectivity index is 1.69. The summed E-state index contributed by atoms with van der Waals surface area (Å²) in [6.45, 7) is -0.646. The molecule has 0 spiro atoms. The first-order valence-corrected chi connectivity index (χ1v) is 10.5. The van der Waals surface area contributed by atoms with Crippen molar-refractivity contribution in [1.29, 1.82) is 0 Å². The number of nitro benzene ring substituents is 1. The number of nitro groups is 1. The zero-order valence-electron chi connectivity index (χ0n) is 17.2. The van der Waals surface area contributed by atoms with Crippen LogP contribution in [0.15, 0.2) is 60.7 Å². The number of halogens is 1. The van der Waals surface area contributed by atoms with E-state index in [0.29, 0.717) is 17.9 Å². The number of hydrogen-bond donors (Lipinski definition) is 0. The molecule has 3 amide bonds. The fourth-order valence-corrected chi connectivity index (χ4v) is 4.14. The van der Waals surface area contributed by atoms with E-state index in [1.807, 2.05) is 12.2 Å². The highest BCUT2D eigenvalue weighted by atomic mass is 35.5. The number of amides is 3. The molecule has 0 aromatic heterocycles. The normalized spacial score (nSPS) is 19.4. The number of ketones is 1. The number of benzene rings is 2. The van der Waals surface area contributed by atoms with Crippen molar-refractivity contribution < 1.29 is 24.1 Å². The predicted octanol–water partition coefficient (Wildman–Crippen LogP) is 3.44. The van der Waals surface area contributed by atoms with Crippen LogP contribution in [-0.2, 0) is 9.59 Å². The fourth-order valence-electron chi connectivity index (χ4n) is 4.02. The second-order valence-corrected chi connectivity index (χ2v) is 8.18. The van der Waals surface area contributed by atoms with Crippen LogP contribution in [0, 0.1) is 22.0 Å². The average molecular weight is 468 g/mol. The molecule has 2 atom stereocenters. The average Bonchev–Trinajstić information content (AvgIpc) is 3.07. The van der Waals surface area contributed by atoms with Crippen molar-refractivity contribution in [3.63, 3.8) is 0 Å². The van der Waals surface area contributed by atoms with Gasteiger partial charge in [-0.25, -0.2) is 5.01 Å². The molecule has 1 aliphatic heterocycles. The Bertz CT molecular complexity index is 1170. The van der Waals surface area contributed by atoms with Crippen LogP contribution in [0.4, 0.5) is 5.69 Å². The Morgan fingerprint density at radius 3 is 2.18 bits per heavy atom. The lowest BCUT2D eigenvalue weighted by Crippen LogP contribution is -2.52. The third-order valence-corrected chi connectivity index (χ3v) is 5.98. The van der Waals surface area contributed by atoms with Gasteiger partial charge in [-0.1, -0.05) is 35.9 Å². The van der Waals surface area contributed by atoms with Crippen LogP contribution >= 0.6 is 11.6 Å². The third-order valence-electron chi connectivity index (χ3n) is 5.72. The van der Waals surface area contributed by atoms with Gasteiger partial charge in [0.1, 0.15) is 6.54 Å². The Hall–Kier alpha value is -3.85. The van der Waals surface area contributed by atoms with Crippen LogP contribution in [0.3, 0.4) is 0 Å². The minimum Gasteiger partial charge on any atom is -0.292 e. The summed E-state index contributed by atoms with van der Waals surface area (Å²) in [6, 6.07) is 10.9. The Kier molecular flexibility index (Phi) is 6.06. The van der Waals surface area contributed by atoms with Crippen LogP contribution in [0.5, 0.6) is 0 Å². The van der Waals surface area contributed by atoms with Gasteiger partial charge in [0.2, 0.25) is 0 Å². The Morgan fingerprint density at radius 2 is 1.61 bits per heavy atom. The van der Waals surface area contributed by atoms with Crippen molar-refractivity contribution in [2.75, 3.05) is 6.54 Å². The molecule has 1 saturated heterocycles. The molecule has 0 N–H and O–H groups in total. The van der Waals surface area contributed by atoms with Crippen molar-refractivity contribution in [3.05, 3.63) is 86.9 Å². The first kappa shape index (κ1) is 22.3. The van der Waals surface area contributed by atoms with Gasteiger partial charge in [-0.3, -0.25) is 29.3 Å². The van der Waals surface area contributed by atoms with Crippen molar-refractivity contribution in [2.24, 2.45) is 11.8 Å². The van der Waals surface area contributed by atoms with Crippen LogP contribution in [-0.4, -0.2) is 45.0 Å². The molecule has 1 aliphatic carbocycles. The van der Waals surface area contributed by atoms with E-state index in [1.165, 1.54) is 42.5 Å². The largest absolute Gasteiger partial charge is 0.292 e. The minimum absolute atomic E-state index is 0.0173. The molecule has 168 valence electrons. The molecule has 0 radical (unpaired) electrons. The van der Waals surface area contributed by atoms with E-state index in [-0.39, 0.29) is 16.8 Å². The number of fused-ring (bicyclic) bond motifs is 1. The molecule has 0 bridgehead atoms. The number of Topliss-reactive ketones (excluding diaryl/α,β-unsaturated/α-hetero) is 1. The van der Waals surface area contributed by atoms with Crippen molar-refractivity contribution in [2.45, 2.75) is 12.8 Å². The van der Waals surface area contributed by atoms with Crippen molar-refractivity contribution in [1.82, 2.24) is 10.0 Å². The van der Waals surface area contributed by atoms with Gasteiger partial charge in [-0.15, -0.1) is 0 Å². The van der Waals surface area contributed by atoms with Crippen LogP contribution in [0.25, 0.3) is 0 Å². The monoisotopic (exact) mass is 467 g/mol. The second kappa shape index (κ2) is 8.95. The number of allylic oxidation sites excluding steroid dienone is 2. The standard InChI is InChI=1S/C23H18ClN3O6/c24-16-10-8-14(9-11-16)21(29)25(13-20(28)15-4-3-5-17(12-15)27(32)33)26-22(30)18-6-1-2-7-19(18)23(26)31/h1-5,8-12,18-19H,6-7,13H2/t18-,19-/m0/s1. The summed E-state index contributed by atoms with van der Waals surface area (Å²) < 4.78 is 0. The maximum absolute atomic E-state index is 13.3. The van der Waals surface area contributed by atoms with E-state index in [2.05, 4.69) is 0 Å². The molecule has 10 heteroatoms. The van der Waals surface area contributed by atoms with Gasteiger partial charge in [0.25, 0.3) is 23.4 Å². The molecule has 1 fully saturated rings. The first-order chi connectivity index (χ1) is 15.8. The highest BCUT2D eigenvalue weighted by molar-refractivity contribution is 6.30. The summed E-state index contributed by atoms with van der Waals surface area (Å²) in [5.74, 6) is -3.70. The van der Waals surface area contributed by atoms with E-state index in [9.17, 15) is 29.3 Å². The molecular weight excluding hydrogens is 450 g/mol. The molecule has 0 saturated carbocycles. The lowest BCUT2D eigenvalue weighted by molar-refractivity contribution is -0.384. The molecule has 4 rings (SSSR count). The van der Waals surface area contributed by atoms with Crippen LogP contribution < -0.4 is 0 Å². The summed E-state index contributed by atoms with van der Waals surface area (Å²) in [6.07, 6.45) is 4.37. The molecule has 33 heavy (non-hydrogen) atoms. The number of imide groups is 1. The topological polar surface area (TPSA) is 118 Å². The number of hydrazine groups is 1. The summed E-state index contributed by atoms with van der Waals surface area (Å²) in [4.78, 5) is 63.0. The lowest BCUT2D eigenvalue weighted by Gasteiger charge is -2.30. The first-order valence-electron chi connectivity index (χ1n) is 10.2. The number of hydrogen-bond acceptors (Lipinski definition) is 6. The minimum atomic E-state index is -0.737. The maximum Gasteiger partial charge on any atom is 0.273 e. The Labute approximate surface area is 193 Å². The van der Waals surface area contributed by atoms with Gasteiger partial charge in [0.15, 0.2) is 5.78 Å². The molecule has 9 nitrogen and oxygen atoms in total. The van der Waals surface area contributed by atoms with Gasteiger partial charge in [0, 0.05) is 28.3 Å². The third kappa shape index (κ3) is 4.27. The second-order valence-electron chi connectivity index (χ2n) is 7.74. The number of carbonyl (C=O) groups is 4. The summed E-state index contributed by atoms with van der Waals surface area (Å²) in [5, 5.41) is 13.0. The van der Waals surface area contributed by atoms with Gasteiger partial charge in [0.05, 0.1) is 16.8 Å². The maximum atomic E-state index is 13.3. The lowest BCUT2D eigenvalue weighted by atomic mass is 9.85. The summed E-state index contributed by atoms with van der Waals surface area (Å²) in [5.41, 5.74) is -0.182. The van der Waals surface area contributed by atoms with E-state index >= 15 is 0 Å². The number of rotatable bonds is 6. The van der Waals surface area contributed by atoms with E-state index in [0.717, 1.165) is 16.1 Å². The van der Waals surface area contributed by atoms with Crippen LogP contribution in [0.1, 0.15) is 33.6 Å². The molecular formula is C23H18ClN3O6. The van der Waals surface area contributed by atoms with Gasteiger partial charge in [-0.2, -0.15) is 5.01 Å². The Morgan fingerprint density at radius 1 is 1.00 bits per heavy atom.